The second-order valence-electron chi connectivity index (χ2n) is 8.22. The number of carboxylic acid groups (broad SMARTS) is 1. The van der Waals surface area contributed by atoms with E-state index in [-0.39, 0.29) is 18.1 Å². The van der Waals surface area contributed by atoms with Gasteiger partial charge in [0.05, 0.1) is 7.11 Å². The number of methoxy groups -OCH3 is 1. The Bertz CT molecular complexity index is 1400. The average molecular weight is 575 g/mol. The molecule has 0 unspecified atom stereocenters. The van der Waals surface area contributed by atoms with E-state index in [9.17, 15) is 19.5 Å². The first-order chi connectivity index (χ1) is 18.3. The lowest BCUT2D eigenvalue weighted by molar-refractivity contribution is -0.148. The number of ether oxygens (including phenoxy) is 2. The number of nitrogens with one attached hydrogen (secondary N) is 1. The van der Waals surface area contributed by atoms with E-state index in [0.29, 0.717) is 34.3 Å². The van der Waals surface area contributed by atoms with Crippen LogP contribution in [0.15, 0.2) is 56.4 Å². The van der Waals surface area contributed by atoms with Crippen molar-refractivity contribution in [2.45, 2.75) is 29.3 Å². The Morgan fingerprint density at radius 2 is 1.97 bits per heavy atom. The number of carboxylic acids is 1. The molecule has 0 spiro atoms. The zero-order chi connectivity index (χ0) is 26.8. The molecule has 0 bridgehead atoms. The number of hydrogen-bond donors (Lipinski definition) is 2. The van der Waals surface area contributed by atoms with E-state index in [2.05, 4.69) is 15.5 Å². The van der Waals surface area contributed by atoms with Gasteiger partial charge in [0.25, 0.3) is 11.8 Å². The number of aryl methyl sites for hydroxylation is 1. The monoisotopic (exact) mass is 574 g/mol. The lowest BCUT2D eigenvalue weighted by atomic mass is 10.0. The summed E-state index contributed by atoms with van der Waals surface area (Å²) in [6.45, 7) is 1.95. The number of furan rings is 1. The highest BCUT2D eigenvalue weighted by Gasteiger charge is 2.54. The van der Waals surface area contributed by atoms with Crippen LogP contribution in [-0.4, -0.2) is 68.0 Å². The van der Waals surface area contributed by atoms with Crippen molar-refractivity contribution in [1.82, 2.24) is 20.4 Å². The molecule has 1 fully saturated rings. The van der Waals surface area contributed by atoms with Gasteiger partial charge in [-0.15, -0.1) is 22.0 Å². The van der Waals surface area contributed by atoms with Crippen LogP contribution < -0.4 is 14.8 Å². The van der Waals surface area contributed by atoms with Crippen LogP contribution in [0.1, 0.15) is 21.3 Å². The largest absolute Gasteiger partial charge is 0.497 e. The number of rotatable bonds is 10. The lowest BCUT2D eigenvalue weighted by Gasteiger charge is -2.49. The normalized spacial score (nSPS) is 18.6. The molecule has 2 aliphatic rings. The summed E-state index contributed by atoms with van der Waals surface area (Å²) in [5.41, 5.74) is 0.594. The molecule has 2 amide bonds. The molecule has 4 heterocycles. The van der Waals surface area contributed by atoms with Crippen LogP contribution in [0.4, 0.5) is 0 Å². The molecule has 5 rings (SSSR count). The zero-order valence-electron chi connectivity index (χ0n) is 20.2. The number of aromatic nitrogens is 2. The fraction of sp³-hybridized carbons (Fsp3) is 0.292. The molecular weight excluding hydrogens is 552 g/mol. The lowest BCUT2D eigenvalue weighted by Crippen LogP contribution is -2.70. The summed E-state index contributed by atoms with van der Waals surface area (Å²) in [4.78, 5) is 39.0. The SMILES string of the molecule is COc1ccc(OCc2ccc(C(=O)N[C@H]3C(=O)N4C(C(=O)O)=C(CSc5nnc(C)s5)CS[C@@H]34)o2)cc1. The number of hydrogen-bond acceptors (Lipinski definition) is 11. The zero-order valence-corrected chi connectivity index (χ0v) is 22.7. The standard InChI is InChI=1S/C24H22N4O7S3/c1-12-26-27-24(38-12)37-11-13-10-36-22-18(21(30)28(22)19(13)23(31)32)25-20(29)17-8-7-16(35-17)9-34-15-5-3-14(33-2)4-6-15/h3-8,18,22H,9-11H2,1-2H3,(H,25,29)(H,31,32)/t18-,22-/m0/s1. The van der Waals surface area contributed by atoms with Gasteiger partial charge in [0.2, 0.25) is 0 Å². The molecule has 0 aliphatic carbocycles. The molecule has 2 aliphatic heterocycles. The topological polar surface area (TPSA) is 144 Å². The van der Waals surface area contributed by atoms with Gasteiger partial charge in [-0.3, -0.25) is 14.5 Å². The fourth-order valence-electron chi connectivity index (χ4n) is 3.90. The predicted molar refractivity (Wildman–Crippen MR) is 140 cm³/mol. The summed E-state index contributed by atoms with van der Waals surface area (Å²) < 4.78 is 17.1. The average Bonchev–Trinajstić information content (AvgIpc) is 3.57. The van der Waals surface area contributed by atoms with Crippen molar-refractivity contribution in [1.29, 1.82) is 0 Å². The molecule has 38 heavy (non-hydrogen) atoms. The molecule has 14 heteroatoms. The Hall–Kier alpha value is -3.49. The Morgan fingerprint density at radius 1 is 1.21 bits per heavy atom. The smallest absolute Gasteiger partial charge is 0.352 e. The van der Waals surface area contributed by atoms with Crippen LogP contribution in [0.5, 0.6) is 11.5 Å². The summed E-state index contributed by atoms with van der Waals surface area (Å²) in [5.74, 6) is 0.369. The summed E-state index contributed by atoms with van der Waals surface area (Å²) in [5, 5.41) is 20.8. The number of carbonyl (C=O) groups excluding carboxylic acids is 2. The quantitative estimate of drug-likeness (QED) is 0.272. The van der Waals surface area contributed by atoms with Crippen LogP contribution in [-0.2, 0) is 16.2 Å². The minimum atomic E-state index is -1.18. The molecule has 0 saturated carbocycles. The van der Waals surface area contributed by atoms with Crippen LogP contribution in [0.3, 0.4) is 0 Å². The van der Waals surface area contributed by atoms with Gasteiger partial charge in [0.1, 0.15) is 46.0 Å². The van der Waals surface area contributed by atoms with E-state index in [4.69, 9.17) is 13.9 Å². The van der Waals surface area contributed by atoms with Gasteiger partial charge in [-0.05, 0) is 48.9 Å². The minimum absolute atomic E-state index is 0.0313. The van der Waals surface area contributed by atoms with Gasteiger partial charge >= 0.3 is 5.97 Å². The molecule has 2 aromatic heterocycles. The summed E-state index contributed by atoms with van der Waals surface area (Å²) in [6, 6.07) is 9.32. The first kappa shape index (κ1) is 26.1. The van der Waals surface area contributed by atoms with Gasteiger partial charge < -0.3 is 24.3 Å². The van der Waals surface area contributed by atoms with E-state index in [1.54, 1.807) is 37.4 Å². The number of fused-ring (bicyclic) bond motifs is 1. The molecular formula is C24H22N4O7S3. The molecule has 1 saturated heterocycles. The van der Waals surface area contributed by atoms with Crippen molar-refractivity contribution in [3.05, 3.63) is 64.2 Å². The number of carbonyl (C=O) groups is 3. The van der Waals surface area contributed by atoms with Gasteiger partial charge in [-0.25, -0.2) is 4.79 Å². The number of aliphatic carboxylic acids is 1. The molecule has 2 atom stereocenters. The number of nitrogens with zero attached hydrogens (tertiary/aromatic N) is 3. The maximum Gasteiger partial charge on any atom is 0.352 e. The highest BCUT2D eigenvalue weighted by Crippen LogP contribution is 2.42. The van der Waals surface area contributed by atoms with Gasteiger partial charge in [0.15, 0.2) is 10.1 Å². The molecule has 0 radical (unpaired) electrons. The van der Waals surface area contributed by atoms with Gasteiger partial charge in [-0.2, -0.15) is 0 Å². The van der Waals surface area contributed by atoms with Crippen LogP contribution >= 0.6 is 34.9 Å². The Balaban J connectivity index is 1.19. The van der Waals surface area contributed by atoms with E-state index >= 15 is 0 Å². The van der Waals surface area contributed by atoms with Crippen molar-refractivity contribution in [3.63, 3.8) is 0 Å². The van der Waals surface area contributed by atoms with E-state index < -0.39 is 29.2 Å². The highest BCUT2D eigenvalue weighted by molar-refractivity contribution is 8.01. The third-order valence-corrected chi connectivity index (χ3v) is 9.14. The van der Waals surface area contributed by atoms with Crippen molar-refractivity contribution in [2.24, 2.45) is 0 Å². The molecule has 2 N–H and O–H groups in total. The maximum absolute atomic E-state index is 12.9. The Kier molecular flexibility index (Phi) is 7.63. The predicted octanol–water partition coefficient (Wildman–Crippen LogP) is 3.17. The summed E-state index contributed by atoms with van der Waals surface area (Å²) in [7, 11) is 1.58. The Morgan fingerprint density at radius 3 is 2.66 bits per heavy atom. The third kappa shape index (κ3) is 5.37. The summed E-state index contributed by atoms with van der Waals surface area (Å²) in [6.07, 6.45) is 0. The van der Waals surface area contributed by atoms with Gasteiger partial charge in [-0.1, -0.05) is 23.1 Å². The minimum Gasteiger partial charge on any atom is -0.497 e. The van der Waals surface area contributed by atoms with Crippen molar-refractivity contribution in [2.75, 3.05) is 18.6 Å². The van der Waals surface area contributed by atoms with Crippen molar-refractivity contribution >= 4 is 52.6 Å². The van der Waals surface area contributed by atoms with Crippen molar-refractivity contribution in [3.8, 4) is 11.5 Å². The number of benzene rings is 1. The van der Waals surface area contributed by atoms with Crippen LogP contribution in [0.2, 0.25) is 0 Å². The highest BCUT2D eigenvalue weighted by atomic mass is 32.2. The summed E-state index contributed by atoms with van der Waals surface area (Å²) >= 11 is 4.22. The number of β-lactam (4-membered cyclic amide) rings is 1. The van der Waals surface area contributed by atoms with Crippen LogP contribution in [0, 0.1) is 6.92 Å². The van der Waals surface area contributed by atoms with Crippen LogP contribution in [0.25, 0.3) is 0 Å². The van der Waals surface area contributed by atoms with E-state index in [0.717, 1.165) is 9.35 Å². The second kappa shape index (κ2) is 11.1. The number of thioether (sulfide) groups is 2. The molecule has 198 valence electrons. The second-order valence-corrected chi connectivity index (χ2v) is 11.7. The fourth-order valence-corrected chi connectivity index (χ4v) is 7.20. The van der Waals surface area contributed by atoms with E-state index in [1.807, 2.05) is 6.92 Å². The van der Waals surface area contributed by atoms with E-state index in [1.165, 1.54) is 45.8 Å². The Labute approximate surface area is 229 Å². The molecule has 11 nitrogen and oxygen atoms in total. The molecule has 1 aromatic carbocycles. The first-order valence-electron chi connectivity index (χ1n) is 11.3. The maximum atomic E-state index is 12.9. The number of amides is 2. The van der Waals surface area contributed by atoms with Crippen molar-refractivity contribution < 1.29 is 33.4 Å². The third-order valence-electron chi connectivity index (χ3n) is 5.74. The molecule has 3 aromatic rings. The first-order valence-corrected chi connectivity index (χ1v) is 14.2. The van der Waals surface area contributed by atoms with Gasteiger partial charge in [0, 0.05) is 11.5 Å².